The first kappa shape index (κ1) is 16.2. The molecule has 1 fully saturated rings. The van der Waals surface area contributed by atoms with Crippen molar-refractivity contribution in [2.75, 3.05) is 19.7 Å². The second-order valence-electron chi connectivity index (χ2n) is 7.23. The van der Waals surface area contributed by atoms with Gasteiger partial charge in [0.1, 0.15) is 5.60 Å². The van der Waals surface area contributed by atoms with Crippen LogP contribution < -0.4 is 5.32 Å². The van der Waals surface area contributed by atoms with E-state index < -0.39 is 5.60 Å². The Labute approximate surface area is 116 Å². The number of hydrogen-bond acceptors (Lipinski definition) is 4. The molecule has 0 aliphatic carbocycles. The number of aliphatic hydroxyl groups excluding tert-OH is 1. The standard InChI is InChI=1S/C14H28N2O3/c1-13(2,3)11-10(9-17)15-7-8-16(11)12(18)19-14(4,5)6/h10-11,15,17H,7-9H2,1-6H3/t10?,11-/m0/s1. The molecular formula is C14H28N2O3. The molecule has 1 saturated heterocycles. The first-order valence-corrected chi connectivity index (χ1v) is 6.90. The number of hydrogen-bond donors (Lipinski definition) is 2. The first-order valence-electron chi connectivity index (χ1n) is 6.90. The highest BCUT2D eigenvalue weighted by Crippen LogP contribution is 2.30. The topological polar surface area (TPSA) is 61.8 Å². The molecule has 1 heterocycles. The van der Waals surface area contributed by atoms with Crippen LogP contribution in [0.3, 0.4) is 0 Å². The molecule has 1 aliphatic rings. The van der Waals surface area contributed by atoms with Gasteiger partial charge in [-0.25, -0.2) is 4.79 Å². The van der Waals surface area contributed by atoms with E-state index in [1.54, 1.807) is 4.90 Å². The summed E-state index contributed by atoms with van der Waals surface area (Å²) in [5, 5.41) is 12.8. The minimum Gasteiger partial charge on any atom is -0.444 e. The maximum absolute atomic E-state index is 12.3. The molecule has 0 aromatic heterocycles. The third-order valence-electron chi connectivity index (χ3n) is 3.19. The van der Waals surface area contributed by atoms with Crippen molar-refractivity contribution in [2.45, 2.75) is 59.2 Å². The average Bonchev–Trinajstić information content (AvgIpc) is 2.24. The highest BCUT2D eigenvalue weighted by molar-refractivity contribution is 5.69. The van der Waals surface area contributed by atoms with E-state index in [4.69, 9.17) is 4.74 Å². The van der Waals surface area contributed by atoms with Crippen LogP contribution in [0.25, 0.3) is 0 Å². The van der Waals surface area contributed by atoms with Crippen molar-refractivity contribution >= 4 is 6.09 Å². The van der Waals surface area contributed by atoms with Gasteiger partial charge in [0.05, 0.1) is 18.7 Å². The lowest BCUT2D eigenvalue weighted by molar-refractivity contribution is -0.0212. The van der Waals surface area contributed by atoms with E-state index in [1.807, 2.05) is 20.8 Å². The van der Waals surface area contributed by atoms with E-state index in [1.165, 1.54) is 0 Å². The third kappa shape index (κ3) is 4.35. The summed E-state index contributed by atoms with van der Waals surface area (Å²) >= 11 is 0. The van der Waals surface area contributed by atoms with E-state index in [-0.39, 0.29) is 30.2 Å². The summed E-state index contributed by atoms with van der Waals surface area (Å²) in [7, 11) is 0. The minimum atomic E-state index is -0.501. The van der Waals surface area contributed by atoms with Crippen molar-refractivity contribution in [3.63, 3.8) is 0 Å². The van der Waals surface area contributed by atoms with Crippen molar-refractivity contribution < 1.29 is 14.6 Å². The Hall–Kier alpha value is -0.810. The van der Waals surface area contributed by atoms with E-state index >= 15 is 0 Å². The van der Waals surface area contributed by atoms with Crippen LogP contribution in [-0.2, 0) is 4.74 Å². The van der Waals surface area contributed by atoms with Gasteiger partial charge in [-0.15, -0.1) is 0 Å². The molecule has 1 rings (SSSR count). The van der Waals surface area contributed by atoms with Gasteiger partial charge in [0.15, 0.2) is 0 Å². The summed E-state index contributed by atoms with van der Waals surface area (Å²) in [5.41, 5.74) is -0.628. The molecule has 0 bridgehead atoms. The second-order valence-corrected chi connectivity index (χ2v) is 7.23. The zero-order chi connectivity index (χ0) is 14.8. The van der Waals surface area contributed by atoms with Gasteiger partial charge in [-0.05, 0) is 26.2 Å². The molecule has 19 heavy (non-hydrogen) atoms. The summed E-state index contributed by atoms with van der Waals surface area (Å²) in [6, 6.07) is -0.192. The molecule has 0 aromatic carbocycles. The van der Waals surface area contributed by atoms with Gasteiger partial charge in [-0.1, -0.05) is 20.8 Å². The summed E-state index contributed by atoms with van der Waals surface area (Å²) in [4.78, 5) is 14.1. The van der Waals surface area contributed by atoms with Crippen molar-refractivity contribution in [1.82, 2.24) is 10.2 Å². The maximum Gasteiger partial charge on any atom is 0.410 e. The van der Waals surface area contributed by atoms with Gasteiger partial charge in [-0.2, -0.15) is 0 Å². The van der Waals surface area contributed by atoms with Crippen LogP contribution in [0.15, 0.2) is 0 Å². The van der Waals surface area contributed by atoms with Gasteiger partial charge in [0.2, 0.25) is 0 Å². The lowest BCUT2D eigenvalue weighted by Crippen LogP contribution is -2.65. The average molecular weight is 272 g/mol. The fourth-order valence-electron chi connectivity index (χ4n) is 2.60. The van der Waals surface area contributed by atoms with E-state index in [9.17, 15) is 9.90 Å². The van der Waals surface area contributed by atoms with Gasteiger partial charge >= 0.3 is 6.09 Å². The Bertz CT molecular complexity index is 318. The van der Waals surface area contributed by atoms with Crippen LogP contribution in [-0.4, -0.2) is 53.5 Å². The van der Waals surface area contributed by atoms with Crippen LogP contribution in [0, 0.1) is 5.41 Å². The molecule has 1 amide bonds. The molecular weight excluding hydrogens is 244 g/mol. The summed E-state index contributed by atoms with van der Waals surface area (Å²) in [5.74, 6) is 0. The number of carbonyl (C=O) groups excluding carboxylic acids is 1. The zero-order valence-corrected chi connectivity index (χ0v) is 13.0. The van der Waals surface area contributed by atoms with Crippen molar-refractivity contribution in [1.29, 1.82) is 0 Å². The fraction of sp³-hybridized carbons (Fsp3) is 0.929. The SMILES string of the molecule is CC(C)(C)OC(=O)N1CCNC(CO)[C@H]1C(C)(C)C. The molecule has 1 aliphatic heterocycles. The number of piperazine rings is 1. The summed E-state index contributed by atoms with van der Waals surface area (Å²) in [6.45, 7) is 13.1. The number of nitrogens with zero attached hydrogens (tertiary/aromatic N) is 1. The Kier molecular flexibility index (Phi) is 4.85. The van der Waals surface area contributed by atoms with Crippen LogP contribution in [0.4, 0.5) is 4.79 Å². The van der Waals surface area contributed by atoms with Crippen molar-refractivity contribution in [2.24, 2.45) is 5.41 Å². The Morgan fingerprint density at radius 2 is 1.89 bits per heavy atom. The van der Waals surface area contributed by atoms with Crippen molar-refractivity contribution in [3.05, 3.63) is 0 Å². The number of nitrogens with one attached hydrogen (secondary N) is 1. The van der Waals surface area contributed by atoms with Gasteiger partial charge < -0.3 is 20.1 Å². The molecule has 2 atom stereocenters. The zero-order valence-electron chi connectivity index (χ0n) is 13.0. The molecule has 112 valence electrons. The quantitative estimate of drug-likeness (QED) is 0.761. The number of rotatable bonds is 1. The molecule has 5 heteroatoms. The fourth-order valence-corrected chi connectivity index (χ4v) is 2.60. The molecule has 5 nitrogen and oxygen atoms in total. The molecule has 0 aromatic rings. The van der Waals surface area contributed by atoms with Crippen LogP contribution in [0.2, 0.25) is 0 Å². The maximum atomic E-state index is 12.3. The summed E-state index contributed by atoms with van der Waals surface area (Å²) in [6.07, 6.45) is -0.299. The monoisotopic (exact) mass is 272 g/mol. The highest BCUT2D eigenvalue weighted by atomic mass is 16.6. The number of carbonyl (C=O) groups is 1. The number of aliphatic hydroxyl groups is 1. The largest absolute Gasteiger partial charge is 0.444 e. The van der Waals surface area contributed by atoms with E-state index in [0.29, 0.717) is 13.1 Å². The lowest BCUT2D eigenvalue weighted by atomic mass is 9.80. The lowest BCUT2D eigenvalue weighted by Gasteiger charge is -2.47. The molecule has 2 N–H and O–H groups in total. The number of amides is 1. The normalized spacial score (nSPS) is 25.3. The molecule has 0 spiro atoms. The third-order valence-corrected chi connectivity index (χ3v) is 3.19. The highest BCUT2D eigenvalue weighted by Gasteiger charge is 2.42. The Morgan fingerprint density at radius 3 is 2.32 bits per heavy atom. The molecule has 0 saturated carbocycles. The summed E-state index contributed by atoms with van der Waals surface area (Å²) < 4.78 is 5.47. The van der Waals surface area contributed by atoms with Crippen LogP contribution in [0.1, 0.15) is 41.5 Å². The molecule has 0 radical (unpaired) electrons. The van der Waals surface area contributed by atoms with Crippen LogP contribution >= 0.6 is 0 Å². The Morgan fingerprint density at radius 1 is 1.32 bits per heavy atom. The van der Waals surface area contributed by atoms with E-state index in [0.717, 1.165) is 0 Å². The van der Waals surface area contributed by atoms with Gasteiger partial charge in [0, 0.05) is 13.1 Å². The predicted octanol–water partition coefficient (Wildman–Crippen LogP) is 1.60. The Balaban J connectivity index is 2.92. The predicted molar refractivity (Wildman–Crippen MR) is 75.1 cm³/mol. The first-order chi connectivity index (χ1) is 8.56. The van der Waals surface area contributed by atoms with Crippen molar-refractivity contribution in [3.8, 4) is 0 Å². The smallest absolute Gasteiger partial charge is 0.410 e. The minimum absolute atomic E-state index is 0.0151. The molecule has 1 unspecified atom stereocenters. The van der Waals surface area contributed by atoms with E-state index in [2.05, 4.69) is 26.1 Å². The van der Waals surface area contributed by atoms with Gasteiger partial charge in [-0.3, -0.25) is 0 Å². The van der Waals surface area contributed by atoms with Gasteiger partial charge in [0.25, 0.3) is 0 Å². The van der Waals surface area contributed by atoms with Crippen LogP contribution in [0.5, 0.6) is 0 Å². The number of ether oxygens (including phenoxy) is 1. The second kappa shape index (κ2) is 5.67.